The van der Waals surface area contributed by atoms with E-state index in [1.807, 2.05) is 4.90 Å². The lowest BCUT2D eigenvalue weighted by molar-refractivity contribution is -0.148. The monoisotopic (exact) mass is 460 g/mol. The van der Waals surface area contributed by atoms with Gasteiger partial charge in [0.2, 0.25) is 11.8 Å². The molecule has 0 bridgehead atoms. The standard InChI is InChI=1S/C22H25FN4O6/c1-22(2,21(32)33)11-25-5-7-26(8-6-25)16-10-13-12(9-14(16)23)19(30)27(20(13)31)15-3-4-17(28)24-18(15)29/h9-10,15H,3-8,11H2,1-2H3,(H,32,33)(H,24,28,29). The van der Waals surface area contributed by atoms with Crippen LogP contribution < -0.4 is 10.2 Å². The Morgan fingerprint density at radius 2 is 1.70 bits per heavy atom. The first kappa shape index (κ1) is 22.8. The van der Waals surface area contributed by atoms with Gasteiger partial charge in [-0.2, -0.15) is 0 Å². The third-order valence-electron chi connectivity index (χ3n) is 6.42. The highest BCUT2D eigenvalue weighted by molar-refractivity contribution is 6.23. The van der Waals surface area contributed by atoms with Gasteiger partial charge in [-0.15, -0.1) is 0 Å². The summed E-state index contributed by atoms with van der Waals surface area (Å²) in [5.74, 6) is -4.17. The van der Waals surface area contributed by atoms with Crippen molar-refractivity contribution in [1.29, 1.82) is 0 Å². The SMILES string of the molecule is CC(C)(CN1CCN(c2cc3c(cc2F)C(=O)N(C2CCC(=O)NC2=O)C3=O)CC1)C(=O)O. The molecule has 3 heterocycles. The second-order valence-electron chi connectivity index (χ2n) is 9.25. The molecule has 10 nitrogen and oxygen atoms in total. The average Bonchev–Trinajstić information content (AvgIpc) is 2.97. The fourth-order valence-corrected chi connectivity index (χ4v) is 4.49. The molecule has 2 fully saturated rings. The Morgan fingerprint density at radius 1 is 1.09 bits per heavy atom. The molecule has 0 aromatic heterocycles. The number of anilines is 1. The summed E-state index contributed by atoms with van der Waals surface area (Å²) >= 11 is 0. The first-order valence-electron chi connectivity index (χ1n) is 10.8. The maximum atomic E-state index is 15.0. The molecule has 4 amide bonds. The summed E-state index contributed by atoms with van der Waals surface area (Å²) in [7, 11) is 0. The maximum Gasteiger partial charge on any atom is 0.310 e. The van der Waals surface area contributed by atoms with Crippen molar-refractivity contribution in [2.24, 2.45) is 5.41 Å². The summed E-state index contributed by atoms with van der Waals surface area (Å²) in [4.78, 5) is 65.3. The second kappa shape index (κ2) is 8.22. The minimum Gasteiger partial charge on any atom is -0.481 e. The van der Waals surface area contributed by atoms with Crippen LogP contribution in [0.15, 0.2) is 12.1 Å². The third-order valence-corrected chi connectivity index (χ3v) is 6.42. The number of piperidine rings is 1. The van der Waals surface area contributed by atoms with Crippen LogP contribution in [-0.4, -0.2) is 83.3 Å². The number of carboxylic acid groups (broad SMARTS) is 1. The van der Waals surface area contributed by atoms with Gasteiger partial charge in [-0.25, -0.2) is 4.39 Å². The van der Waals surface area contributed by atoms with E-state index >= 15 is 0 Å². The molecule has 0 radical (unpaired) electrons. The van der Waals surface area contributed by atoms with E-state index in [9.17, 15) is 33.5 Å². The molecule has 3 aliphatic heterocycles. The second-order valence-corrected chi connectivity index (χ2v) is 9.25. The van der Waals surface area contributed by atoms with Gasteiger partial charge in [0.1, 0.15) is 11.9 Å². The van der Waals surface area contributed by atoms with Crippen LogP contribution in [0.2, 0.25) is 0 Å². The normalized spacial score (nSPS) is 22.0. The molecule has 0 saturated carbocycles. The van der Waals surface area contributed by atoms with Crippen LogP contribution in [0.1, 0.15) is 47.4 Å². The minimum absolute atomic E-state index is 0.00633. The highest BCUT2D eigenvalue weighted by Gasteiger charge is 2.45. The lowest BCUT2D eigenvalue weighted by atomic mass is 9.93. The first-order chi connectivity index (χ1) is 15.5. The topological polar surface area (TPSA) is 127 Å². The number of carbonyl (C=O) groups is 5. The molecule has 0 aliphatic carbocycles. The summed E-state index contributed by atoms with van der Waals surface area (Å²) in [6.45, 7) is 5.54. The number of hydrogen-bond acceptors (Lipinski definition) is 7. The fraction of sp³-hybridized carbons (Fsp3) is 0.500. The van der Waals surface area contributed by atoms with Crippen LogP contribution in [0.25, 0.3) is 0 Å². The van der Waals surface area contributed by atoms with Gasteiger partial charge in [0.15, 0.2) is 0 Å². The van der Waals surface area contributed by atoms with Gasteiger partial charge >= 0.3 is 5.97 Å². The summed E-state index contributed by atoms with van der Waals surface area (Å²) in [6.07, 6.45) is 0.0342. The van der Waals surface area contributed by atoms with Crippen molar-refractivity contribution < 1.29 is 33.5 Å². The molecule has 1 aromatic rings. The van der Waals surface area contributed by atoms with Gasteiger partial charge in [-0.05, 0) is 32.4 Å². The Kier molecular flexibility index (Phi) is 5.69. The number of amides is 4. The lowest BCUT2D eigenvalue weighted by Gasteiger charge is -2.38. The molecule has 11 heteroatoms. The van der Waals surface area contributed by atoms with E-state index in [-0.39, 0.29) is 29.7 Å². The Hall–Kier alpha value is -3.34. The highest BCUT2D eigenvalue weighted by atomic mass is 19.1. The predicted molar refractivity (Wildman–Crippen MR) is 113 cm³/mol. The molecule has 33 heavy (non-hydrogen) atoms. The summed E-state index contributed by atoms with van der Waals surface area (Å²) < 4.78 is 15.0. The molecule has 0 spiro atoms. The van der Waals surface area contributed by atoms with Crippen LogP contribution in [0.5, 0.6) is 0 Å². The molecule has 1 atom stereocenters. The third kappa shape index (κ3) is 4.08. The minimum atomic E-state index is -1.11. The van der Waals surface area contributed by atoms with Crippen LogP contribution in [-0.2, 0) is 14.4 Å². The van der Waals surface area contributed by atoms with E-state index < -0.39 is 46.9 Å². The lowest BCUT2D eigenvalue weighted by Crippen LogP contribution is -2.54. The number of halogens is 1. The summed E-state index contributed by atoms with van der Waals surface area (Å²) in [5, 5.41) is 11.5. The summed E-state index contributed by atoms with van der Waals surface area (Å²) in [6, 6.07) is 1.26. The molecule has 176 valence electrons. The van der Waals surface area contributed by atoms with E-state index in [2.05, 4.69) is 5.32 Å². The van der Waals surface area contributed by atoms with Gasteiger partial charge in [0.25, 0.3) is 11.8 Å². The van der Waals surface area contributed by atoms with Gasteiger partial charge in [0.05, 0.1) is 22.2 Å². The van der Waals surface area contributed by atoms with E-state index in [0.717, 1.165) is 11.0 Å². The zero-order chi connectivity index (χ0) is 24.1. The van der Waals surface area contributed by atoms with Crippen LogP contribution in [0.4, 0.5) is 10.1 Å². The average molecular weight is 460 g/mol. The van der Waals surface area contributed by atoms with Crippen LogP contribution >= 0.6 is 0 Å². The Bertz CT molecular complexity index is 1060. The number of nitrogens with zero attached hydrogens (tertiary/aromatic N) is 3. The molecule has 4 rings (SSSR count). The Labute approximate surface area is 189 Å². The number of aliphatic carboxylic acids is 1. The van der Waals surface area contributed by atoms with Gasteiger partial charge < -0.3 is 10.0 Å². The van der Waals surface area contributed by atoms with Gasteiger partial charge in [0, 0.05) is 39.1 Å². The number of fused-ring (bicyclic) bond motifs is 1. The molecule has 2 saturated heterocycles. The molecule has 1 aromatic carbocycles. The number of benzene rings is 1. The molecular weight excluding hydrogens is 435 g/mol. The highest BCUT2D eigenvalue weighted by Crippen LogP contribution is 2.33. The van der Waals surface area contributed by atoms with Crippen LogP contribution in [0, 0.1) is 11.2 Å². The van der Waals surface area contributed by atoms with Crippen molar-refractivity contribution in [3.05, 3.63) is 29.1 Å². The first-order valence-corrected chi connectivity index (χ1v) is 10.8. The molecule has 1 unspecified atom stereocenters. The number of piperazine rings is 1. The van der Waals surface area contributed by atoms with Gasteiger partial charge in [-0.1, -0.05) is 0 Å². The van der Waals surface area contributed by atoms with Crippen LogP contribution in [0.3, 0.4) is 0 Å². The Balaban J connectivity index is 1.51. The zero-order valence-electron chi connectivity index (χ0n) is 18.4. The number of imide groups is 2. The van der Waals surface area contributed by atoms with E-state index in [0.29, 0.717) is 32.7 Å². The largest absolute Gasteiger partial charge is 0.481 e. The quantitative estimate of drug-likeness (QED) is 0.607. The fourth-order valence-electron chi connectivity index (χ4n) is 4.49. The number of hydrogen-bond donors (Lipinski definition) is 2. The van der Waals surface area contributed by atoms with Crippen molar-refractivity contribution >= 4 is 35.3 Å². The van der Waals surface area contributed by atoms with Crippen molar-refractivity contribution in [1.82, 2.24) is 15.1 Å². The molecule has 3 aliphatic rings. The smallest absolute Gasteiger partial charge is 0.310 e. The number of rotatable bonds is 5. The summed E-state index contributed by atoms with van der Waals surface area (Å²) in [5.41, 5.74) is -0.812. The molecule has 2 N–H and O–H groups in total. The van der Waals surface area contributed by atoms with Crippen molar-refractivity contribution in [2.75, 3.05) is 37.6 Å². The predicted octanol–water partition coefficient (Wildman–Crippen LogP) is 0.460. The zero-order valence-corrected chi connectivity index (χ0v) is 18.4. The number of carbonyl (C=O) groups excluding carboxylic acids is 4. The van der Waals surface area contributed by atoms with E-state index in [4.69, 9.17) is 0 Å². The van der Waals surface area contributed by atoms with E-state index in [1.54, 1.807) is 18.7 Å². The van der Waals surface area contributed by atoms with Gasteiger partial charge in [-0.3, -0.25) is 39.1 Å². The van der Waals surface area contributed by atoms with Crippen molar-refractivity contribution in [3.63, 3.8) is 0 Å². The number of carboxylic acids is 1. The van der Waals surface area contributed by atoms with E-state index in [1.165, 1.54) is 6.07 Å². The Morgan fingerprint density at radius 3 is 2.27 bits per heavy atom. The molecular formula is C22H25FN4O6. The number of nitrogens with one attached hydrogen (secondary N) is 1. The van der Waals surface area contributed by atoms with Crippen molar-refractivity contribution in [3.8, 4) is 0 Å². The maximum absolute atomic E-state index is 15.0. The van der Waals surface area contributed by atoms with Crippen molar-refractivity contribution in [2.45, 2.75) is 32.7 Å².